The third-order valence-electron chi connectivity index (χ3n) is 2.34. The molecule has 0 aliphatic heterocycles. The number of anilines is 1. The second kappa shape index (κ2) is 3.41. The van der Waals surface area contributed by atoms with Gasteiger partial charge >= 0.3 is 0 Å². The van der Waals surface area contributed by atoms with Gasteiger partial charge in [-0.1, -0.05) is 17.7 Å². The zero-order valence-electron chi connectivity index (χ0n) is 8.08. The first-order valence-corrected chi connectivity index (χ1v) is 4.76. The number of hydrogen-bond donors (Lipinski definition) is 1. The Morgan fingerprint density at radius 3 is 2.87 bits per heavy atom. The number of pyridine rings is 1. The highest BCUT2D eigenvalue weighted by Crippen LogP contribution is 2.30. The fourth-order valence-electron chi connectivity index (χ4n) is 1.56. The van der Waals surface area contributed by atoms with Gasteiger partial charge < -0.3 is 5.73 Å². The molecule has 0 aliphatic rings. The molecule has 2 rings (SSSR count). The maximum atomic E-state index is 8.84. The van der Waals surface area contributed by atoms with Crippen LogP contribution >= 0.6 is 11.6 Å². The molecule has 0 spiro atoms. The van der Waals surface area contributed by atoms with Gasteiger partial charge in [-0.05, 0) is 18.6 Å². The average Bonchev–Trinajstić information content (AvgIpc) is 2.23. The Labute approximate surface area is 92.1 Å². The predicted octanol–water partition coefficient (Wildman–Crippen LogP) is 2.65. The monoisotopic (exact) mass is 217 g/mol. The minimum absolute atomic E-state index is 0.382. The number of aromatic nitrogens is 1. The number of aryl methyl sites for hydroxylation is 1. The number of nitriles is 1. The summed E-state index contributed by atoms with van der Waals surface area (Å²) < 4.78 is 0. The summed E-state index contributed by atoms with van der Waals surface area (Å²) in [5, 5.41) is 10.1. The van der Waals surface area contributed by atoms with Crippen LogP contribution in [0, 0.1) is 18.3 Å². The van der Waals surface area contributed by atoms with Crippen molar-refractivity contribution in [3.63, 3.8) is 0 Å². The van der Waals surface area contributed by atoms with Gasteiger partial charge in [-0.2, -0.15) is 5.26 Å². The number of hydrogen-bond acceptors (Lipinski definition) is 3. The van der Waals surface area contributed by atoms with Gasteiger partial charge in [0.05, 0.1) is 21.8 Å². The van der Waals surface area contributed by atoms with Crippen LogP contribution < -0.4 is 5.73 Å². The summed E-state index contributed by atoms with van der Waals surface area (Å²) in [5.41, 5.74) is 8.32. The second-order valence-corrected chi connectivity index (χ2v) is 3.69. The maximum Gasteiger partial charge on any atom is 0.103 e. The van der Waals surface area contributed by atoms with E-state index in [0.29, 0.717) is 21.8 Å². The Morgan fingerprint density at radius 2 is 2.20 bits per heavy atom. The number of benzene rings is 1. The fourth-order valence-corrected chi connectivity index (χ4v) is 1.76. The number of fused-ring (bicyclic) bond motifs is 1. The van der Waals surface area contributed by atoms with E-state index < -0.39 is 0 Å². The van der Waals surface area contributed by atoms with Crippen molar-refractivity contribution in [1.82, 2.24) is 4.98 Å². The van der Waals surface area contributed by atoms with Crippen LogP contribution in [-0.4, -0.2) is 4.98 Å². The molecule has 0 amide bonds. The minimum atomic E-state index is 0.382. The Kier molecular flexibility index (Phi) is 2.22. The number of rotatable bonds is 0. The van der Waals surface area contributed by atoms with Crippen LogP contribution in [0.25, 0.3) is 10.9 Å². The van der Waals surface area contributed by atoms with E-state index in [1.54, 1.807) is 6.07 Å². The van der Waals surface area contributed by atoms with Gasteiger partial charge in [-0.25, -0.2) is 0 Å². The smallest absolute Gasteiger partial charge is 0.103 e. The number of halogens is 1. The molecule has 0 atom stereocenters. The van der Waals surface area contributed by atoms with E-state index in [0.717, 1.165) is 10.9 Å². The Hall–Kier alpha value is -1.79. The van der Waals surface area contributed by atoms with Crippen molar-refractivity contribution in [3.8, 4) is 6.07 Å². The molecule has 2 N–H and O–H groups in total. The fraction of sp³-hybridized carbons (Fsp3) is 0.0909. The molecule has 0 radical (unpaired) electrons. The molecule has 0 aliphatic carbocycles. The van der Waals surface area contributed by atoms with E-state index in [9.17, 15) is 0 Å². The quantitative estimate of drug-likeness (QED) is 0.738. The normalized spacial score (nSPS) is 10.2. The lowest BCUT2D eigenvalue weighted by Crippen LogP contribution is -1.96. The first kappa shape index (κ1) is 9.75. The van der Waals surface area contributed by atoms with Crippen molar-refractivity contribution in [2.45, 2.75) is 6.92 Å². The molecule has 1 aromatic carbocycles. The maximum absolute atomic E-state index is 8.84. The Bertz CT molecular complexity index is 584. The van der Waals surface area contributed by atoms with E-state index in [1.807, 2.05) is 19.1 Å². The van der Waals surface area contributed by atoms with E-state index in [1.165, 1.54) is 6.20 Å². The van der Waals surface area contributed by atoms with Crippen LogP contribution in [0.5, 0.6) is 0 Å². The van der Waals surface area contributed by atoms with Crippen LogP contribution in [0.1, 0.15) is 11.1 Å². The van der Waals surface area contributed by atoms with Gasteiger partial charge in [0.2, 0.25) is 0 Å². The van der Waals surface area contributed by atoms with Gasteiger partial charge in [-0.15, -0.1) is 0 Å². The molecule has 1 heterocycles. The molecule has 0 saturated carbocycles. The summed E-state index contributed by atoms with van der Waals surface area (Å²) in [6, 6.07) is 5.64. The molecule has 3 nitrogen and oxygen atoms in total. The SMILES string of the molecule is Cc1ccc(Cl)c2ncc(C#N)c(N)c12. The lowest BCUT2D eigenvalue weighted by Gasteiger charge is -2.07. The number of nitrogens with two attached hydrogens (primary N) is 1. The minimum Gasteiger partial charge on any atom is -0.397 e. The average molecular weight is 218 g/mol. The first-order chi connectivity index (χ1) is 7.15. The van der Waals surface area contributed by atoms with Crippen LogP contribution in [-0.2, 0) is 0 Å². The highest BCUT2D eigenvalue weighted by Gasteiger charge is 2.09. The Balaban J connectivity index is 3.00. The zero-order valence-corrected chi connectivity index (χ0v) is 8.84. The van der Waals surface area contributed by atoms with Crippen LogP contribution in [0.4, 0.5) is 5.69 Å². The van der Waals surface area contributed by atoms with Crippen LogP contribution in [0.2, 0.25) is 5.02 Å². The van der Waals surface area contributed by atoms with E-state index in [2.05, 4.69) is 4.98 Å². The molecular weight excluding hydrogens is 210 g/mol. The second-order valence-electron chi connectivity index (χ2n) is 3.29. The molecule has 1 aromatic heterocycles. The highest BCUT2D eigenvalue weighted by molar-refractivity contribution is 6.35. The Morgan fingerprint density at radius 1 is 1.47 bits per heavy atom. The molecule has 0 saturated heterocycles. The van der Waals surface area contributed by atoms with Crippen LogP contribution in [0.3, 0.4) is 0 Å². The van der Waals surface area contributed by atoms with Crippen molar-refractivity contribution < 1.29 is 0 Å². The van der Waals surface area contributed by atoms with Crippen molar-refractivity contribution in [2.24, 2.45) is 0 Å². The van der Waals surface area contributed by atoms with Gasteiger partial charge in [-0.3, -0.25) is 4.98 Å². The van der Waals surface area contributed by atoms with E-state index >= 15 is 0 Å². The topological polar surface area (TPSA) is 62.7 Å². The first-order valence-electron chi connectivity index (χ1n) is 4.38. The predicted molar refractivity (Wildman–Crippen MR) is 60.6 cm³/mol. The van der Waals surface area contributed by atoms with E-state index in [4.69, 9.17) is 22.6 Å². The molecule has 0 unspecified atom stereocenters. The van der Waals surface area contributed by atoms with Crippen molar-refractivity contribution in [2.75, 3.05) is 5.73 Å². The molecule has 4 heteroatoms. The van der Waals surface area contributed by atoms with Crippen molar-refractivity contribution in [1.29, 1.82) is 5.26 Å². The van der Waals surface area contributed by atoms with Crippen molar-refractivity contribution in [3.05, 3.63) is 34.5 Å². The summed E-state index contributed by atoms with van der Waals surface area (Å²) in [6.07, 6.45) is 1.45. The molecule has 74 valence electrons. The van der Waals surface area contributed by atoms with Crippen LogP contribution in [0.15, 0.2) is 18.3 Å². The summed E-state index contributed by atoms with van der Waals surface area (Å²) in [5.74, 6) is 0. The molecule has 0 fully saturated rings. The molecular formula is C11H8ClN3. The van der Waals surface area contributed by atoms with Gasteiger partial charge in [0.1, 0.15) is 6.07 Å². The molecule has 0 bridgehead atoms. The largest absolute Gasteiger partial charge is 0.397 e. The third-order valence-corrected chi connectivity index (χ3v) is 2.64. The zero-order chi connectivity index (χ0) is 11.0. The summed E-state index contributed by atoms with van der Waals surface area (Å²) in [6.45, 7) is 1.91. The van der Waals surface area contributed by atoms with Crippen molar-refractivity contribution >= 4 is 28.2 Å². The van der Waals surface area contributed by atoms with Gasteiger partial charge in [0.25, 0.3) is 0 Å². The number of nitrogens with zero attached hydrogens (tertiary/aromatic N) is 2. The van der Waals surface area contributed by atoms with Gasteiger partial charge in [0.15, 0.2) is 0 Å². The van der Waals surface area contributed by atoms with E-state index in [-0.39, 0.29) is 0 Å². The third kappa shape index (κ3) is 1.39. The lowest BCUT2D eigenvalue weighted by molar-refractivity contribution is 1.36. The molecule has 2 aromatic rings. The summed E-state index contributed by atoms with van der Waals surface area (Å²) in [4.78, 5) is 4.14. The number of nitrogen functional groups attached to an aromatic ring is 1. The summed E-state index contributed by atoms with van der Waals surface area (Å²) >= 11 is 6.00. The standard InChI is InChI=1S/C11H8ClN3/c1-6-2-3-8(12)11-9(6)10(14)7(4-13)5-15-11/h2-3,5H,1H3,(H2,14,15). The van der Waals surface area contributed by atoms with Gasteiger partial charge in [0, 0.05) is 11.6 Å². The lowest BCUT2D eigenvalue weighted by atomic mass is 10.1. The molecule has 15 heavy (non-hydrogen) atoms. The highest BCUT2D eigenvalue weighted by atomic mass is 35.5. The summed E-state index contributed by atoms with van der Waals surface area (Å²) in [7, 11) is 0.